The van der Waals surface area contributed by atoms with E-state index in [0.29, 0.717) is 13.0 Å². The summed E-state index contributed by atoms with van der Waals surface area (Å²) in [7, 11) is 0. The molecule has 1 aliphatic heterocycles. The van der Waals surface area contributed by atoms with Crippen molar-refractivity contribution >= 4 is 5.91 Å². The molecule has 0 spiro atoms. The first-order valence-electron chi connectivity index (χ1n) is 6.06. The first-order chi connectivity index (χ1) is 7.69. The van der Waals surface area contributed by atoms with Gasteiger partial charge in [-0.1, -0.05) is 6.92 Å². The van der Waals surface area contributed by atoms with Crippen LogP contribution in [0.4, 0.5) is 0 Å². The van der Waals surface area contributed by atoms with Gasteiger partial charge in [0, 0.05) is 26.2 Å². The first kappa shape index (κ1) is 13.4. The zero-order chi connectivity index (χ0) is 12.0. The highest BCUT2D eigenvalue weighted by Crippen LogP contribution is 2.05. The summed E-state index contributed by atoms with van der Waals surface area (Å²) in [5.74, 6) is 0.0633. The van der Waals surface area contributed by atoms with Crippen LogP contribution in [0.15, 0.2) is 0 Å². The molecule has 16 heavy (non-hydrogen) atoms. The van der Waals surface area contributed by atoms with E-state index in [9.17, 15) is 4.79 Å². The van der Waals surface area contributed by atoms with Crippen LogP contribution in [-0.2, 0) is 4.79 Å². The Morgan fingerprint density at radius 2 is 2.12 bits per heavy atom. The Labute approximate surface area is 97.2 Å². The van der Waals surface area contributed by atoms with Crippen LogP contribution in [0.5, 0.6) is 0 Å². The largest absolute Gasteiger partial charge is 0.395 e. The maximum absolute atomic E-state index is 11.9. The third kappa shape index (κ3) is 3.73. The lowest BCUT2D eigenvalue weighted by Gasteiger charge is -2.24. The van der Waals surface area contributed by atoms with Gasteiger partial charge in [0.25, 0.3) is 0 Å². The van der Waals surface area contributed by atoms with Crippen LogP contribution in [0.3, 0.4) is 0 Å². The minimum Gasteiger partial charge on any atom is -0.395 e. The number of rotatable bonds is 4. The topological polar surface area (TPSA) is 69.8 Å². The minimum absolute atomic E-state index is 0.0633. The van der Waals surface area contributed by atoms with E-state index >= 15 is 0 Å². The molecular weight excluding hydrogens is 206 g/mol. The summed E-state index contributed by atoms with van der Waals surface area (Å²) in [6.45, 7) is 6.11. The SMILES string of the molecule is CC[C@@H](N)C(=O)N1CCCN(CCO)CC1. The third-order valence-corrected chi connectivity index (χ3v) is 3.07. The highest BCUT2D eigenvalue weighted by Gasteiger charge is 2.22. The van der Waals surface area contributed by atoms with Crippen LogP contribution in [0.2, 0.25) is 0 Å². The van der Waals surface area contributed by atoms with E-state index < -0.39 is 0 Å². The molecule has 5 nitrogen and oxygen atoms in total. The maximum atomic E-state index is 11.9. The molecule has 0 saturated carbocycles. The zero-order valence-electron chi connectivity index (χ0n) is 10.1. The Hall–Kier alpha value is -0.650. The molecule has 0 aromatic rings. The molecule has 0 bridgehead atoms. The lowest BCUT2D eigenvalue weighted by atomic mass is 10.2. The maximum Gasteiger partial charge on any atom is 0.239 e. The summed E-state index contributed by atoms with van der Waals surface area (Å²) in [6, 6.07) is -0.357. The van der Waals surface area contributed by atoms with Crippen molar-refractivity contribution in [1.29, 1.82) is 0 Å². The third-order valence-electron chi connectivity index (χ3n) is 3.07. The summed E-state index contributed by atoms with van der Waals surface area (Å²) in [4.78, 5) is 15.9. The molecule has 1 rings (SSSR count). The summed E-state index contributed by atoms with van der Waals surface area (Å²) >= 11 is 0. The summed E-state index contributed by atoms with van der Waals surface area (Å²) in [6.07, 6.45) is 1.65. The Balaban J connectivity index is 2.43. The molecule has 0 aromatic carbocycles. The van der Waals surface area contributed by atoms with E-state index in [1.54, 1.807) is 0 Å². The van der Waals surface area contributed by atoms with Gasteiger partial charge in [0.2, 0.25) is 5.91 Å². The fourth-order valence-electron chi connectivity index (χ4n) is 1.97. The van der Waals surface area contributed by atoms with Gasteiger partial charge in [-0.05, 0) is 19.4 Å². The van der Waals surface area contributed by atoms with Crippen LogP contribution in [0.25, 0.3) is 0 Å². The highest BCUT2D eigenvalue weighted by molar-refractivity contribution is 5.81. The van der Waals surface area contributed by atoms with Crippen LogP contribution < -0.4 is 5.73 Å². The van der Waals surface area contributed by atoms with Crippen molar-refractivity contribution in [2.75, 3.05) is 39.3 Å². The monoisotopic (exact) mass is 229 g/mol. The number of nitrogens with zero attached hydrogens (tertiary/aromatic N) is 2. The second-order valence-corrected chi connectivity index (χ2v) is 4.26. The van der Waals surface area contributed by atoms with Gasteiger partial charge in [0.05, 0.1) is 12.6 Å². The number of aliphatic hydroxyl groups is 1. The van der Waals surface area contributed by atoms with Crippen molar-refractivity contribution in [3.8, 4) is 0 Å². The van der Waals surface area contributed by atoms with Gasteiger partial charge in [-0.25, -0.2) is 0 Å². The number of aliphatic hydroxyl groups excluding tert-OH is 1. The van der Waals surface area contributed by atoms with E-state index in [1.807, 2.05) is 11.8 Å². The van der Waals surface area contributed by atoms with Gasteiger partial charge in [-0.2, -0.15) is 0 Å². The standard InChI is InChI=1S/C11H23N3O2/c1-2-10(12)11(16)14-5-3-4-13(6-7-14)8-9-15/h10,15H,2-9,12H2,1H3/t10-/m1/s1. The Kier molecular flexibility index (Phi) is 5.73. The van der Waals surface area contributed by atoms with Crippen molar-refractivity contribution in [1.82, 2.24) is 9.80 Å². The quantitative estimate of drug-likeness (QED) is 0.665. The molecule has 1 saturated heterocycles. The molecular formula is C11H23N3O2. The molecule has 0 aliphatic carbocycles. The molecule has 1 aliphatic rings. The lowest BCUT2D eigenvalue weighted by molar-refractivity contribution is -0.132. The average Bonchev–Trinajstić information content (AvgIpc) is 2.53. The van der Waals surface area contributed by atoms with Crippen LogP contribution >= 0.6 is 0 Å². The Bertz CT molecular complexity index is 223. The van der Waals surface area contributed by atoms with E-state index in [4.69, 9.17) is 10.8 Å². The van der Waals surface area contributed by atoms with Gasteiger partial charge in [0.1, 0.15) is 0 Å². The number of nitrogens with two attached hydrogens (primary N) is 1. The zero-order valence-corrected chi connectivity index (χ0v) is 10.1. The number of hydrogen-bond acceptors (Lipinski definition) is 4. The average molecular weight is 229 g/mol. The smallest absolute Gasteiger partial charge is 0.239 e. The molecule has 0 unspecified atom stereocenters. The number of carbonyl (C=O) groups excluding carboxylic acids is 1. The molecule has 94 valence electrons. The predicted molar refractivity (Wildman–Crippen MR) is 63.0 cm³/mol. The molecule has 1 amide bonds. The van der Waals surface area contributed by atoms with E-state index in [2.05, 4.69) is 4.90 Å². The van der Waals surface area contributed by atoms with Crippen molar-refractivity contribution in [2.24, 2.45) is 5.73 Å². The van der Waals surface area contributed by atoms with Gasteiger partial charge in [0.15, 0.2) is 0 Å². The highest BCUT2D eigenvalue weighted by atomic mass is 16.3. The molecule has 5 heteroatoms. The number of hydrogen-bond donors (Lipinski definition) is 2. The second kappa shape index (κ2) is 6.83. The number of carbonyl (C=O) groups is 1. The summed E-state index contributed by atoms with van der Waals surface area (Å²) in [5, 5.41) is 8.87. The van der Waals surface area contributed by atoms with Crippen LogP contribution in [0.1, 0.15) is 19.8 Å². The van der Waals surface area contributed by atoms with Crippen molar-refractivity contribution in [3.05, 3.63) is 0 Å². The number of β-amino-alcohol motifs (C(OH)–C–C–N with tert-alkyl or cyclic N) is 1. The van der Waals surface area contributed by atoms with Crippen molar-refractivity contribution < 1.29 is 9.90 Å². The normalized spacial score (nSPS) is 20.6. The molecule has 1 heterocycles. The Morgan fingerprint density at radius 3 is 2.75 bits per heavy atom. The molecule has 3 N–H and O–H groups in total. The summed E-state index contributed by atoms with van der Waals surface area (Å²) in [5.41, 5.74) is 5.75. The minimum atomic E-state index is -0.357. The Morgan fingerprint density at radius 1 is 1.38 bits per heavy atom. The van der Waals surface area contributed by atoms with Gasteiger partial charge >= 0.3 is 0 Å². The lowest BCUT2D eigenvalue weighted by Crippen LogP contribution is -2.45. The van der Waals surface area contributed by atoms with Gasteiger partial charge in [-0.15, -0.1) is 0 Å². The van der Waals surface area contributed by atoms with Crippen molar-refractivity contribution in [3.63, 3.8) is 0 Å². The first-order valence-corrected chi connectivity index (χ1v) is 6.06. The molecule has 0 radical (unpaired) electrons. The van der Waals surface area contributed by atoms with E-state index in [0.717, 1.165) is 32.6 Å². The van der Waals surface area contributed by atoms with Crippen molar-refractivity contribution in [2.45, 2.75) is 25.8 Å². The van der Waals surface area contributed by atoms with Crippen LogP contribution in [-0.4, -0.2) is 66.2 Å². The fraction of sp³-hybridized carbons (Fsp3) is 0.909. The van der Waals surface area contributed by atoms with E-state index in [-0.39, 0.29) is 18.6 Å². The predicted octanol–water partition coefficient (Wildman–Crippen LogP) is -0.750. The molecule has 0 aromatic heterocycles. The second-order valence-electron chi connectivity index (χ2n) is 4.26. The van der Waals surface area contributed by atoms with Crippen LogP contribution in [0, 0.1) is 0 Å². The van der Waals surface area contributed by atoms with Gasteiger partial charge < -0.3 is 15.7 Å². The van der Waals surface area contributed by atoms with E-state index in [1.165, 1.54) is 0 Å². The summed E-state index contributed by atoms with van der Waals surface area (Å²) < 4.78 is 0. The molecule has 1 fully saturated rings. The molecule has 1 atom stereocenters. The van der Waals surface area contributed by atoms with Gasteiger partial charge in [-0.3, -0.25) is 9.69 Å². The number of amides is 1. The fourth-order valence-corrected chi connectivity index (χ4v) is 1.97.